The summed E-state index contributed by atoms with van der Waals surface area (Å²) >= 11 is 0. The molecule has 5 N–H and O–H groups in total. The van der Waals surface area contributed by atoms with Crippen LogP contribution in [0.2, 0.25) is 0 Å². The zero-order valence-corrected chi connectivity index (χ0v) is 17.8. The average molecular weight is 425 g/mol. The highest BCUT2D eigenvalue weighted by Gasteiger charge is 2.32. The Labute approximate surface area is 181 Å². The molecule has 9 nitrogen and oxygen atoms in total. The highest BCUT2D eigenvalue weighted by molar-refractivity contribution is 6.11. The number of amidine groups is 1. The van der Waals surface area contributed by atoms with Crippen LogP contribution in [-0.2, 0) is 10.4 Å². The van der Waals surface area contributed by atoms with Crippen molar-refractivity contribution in [2.24, 2.45) is 16.6 Å². The maximum Gasteiger partial charge on any atom is 0.256 e. The normalized spacial score (nSPS) is 21.1. The van der Waals surface area contributed by atoms with Crippen LogP contribution < -0.4 is 16.5 Å². The van der Waals surface area contributed by atoms with Crippen LogP contribution in [0.4, 0.5) is 0 Å². The Hall–Kier alpha value is -3.17. The Morgan fingerprint density at radius 2 is 2.03 bits per heavy atom. The van der Waals surface area contributed by atoms with E-state index in [9.17, 15) is 14.7 Å². The highest BCUT2D eigenvalue weighted by Crippen LogP contribution is 2.27. The molecule has 31 heavy (non-hydrogen) atoms. The summed E-state index contributed by atoms with van der Waals surface area (Å²) in [6.45, 7) is 5.35. The van der Waals surface area contributed by atoms with E-state index in [4.69, 9.17) is 5.73 Å². The number of nitrogens with one attached hydrogen (secondary N) is 2. The molecule has 0 aromatic heterocycles. The zero-order chi connectivity index (χ0) is 22.2. The van der Waals surface area contributed by atoms with Crippen LogP contribution in [-0.4, -0.2) is 52.3 Å². The number of aliphatic hydroxyl groups is 1. The number of aliphatic imine (C=N–C) groups is 1. The number of piperidine rings is 1. The van der Waals surface area contributed by atoms with Crippen molar-refractivity contribution in [3.8, 4) is 0 Å². The van der Waals surface area contributed by atoms with E-state index in [0.717, 1.165) is 30.8 Å². The summed E-state index contributed by atoms with van der Waals surface area (Å²) in [5.74, 6) is 1.19. The van der Waals surface area contributed by atoms with Gasteiger partial charge in [0.1, 0.15) is 17.5 Å². The van der Waals surface area contributed by atoms with E-state index < -0.39 is 5.60 Å². The summed E-state index contributed by atoms with van der Waals surface area (Å²) in [7, 11) is 0. The third-order valence-electron chi connectivity index (χ3n) is 5.74. The fourth-order valence-electron chi connectivity index (χ4n) is 3.97. The number of nitrogens with two attached hydrogens (primary N) is 1. The van der Waals surface area contributed by atoms with Gasteiger partial charge in [-0.25, -0.2) is 15.4 Å². The van der Waals surface area contributed by atoms with E-state index in [-0.39, 0.29) is 17.7 Å². The minimum Gasteiger partial charge on any atom is -0.386 e. The summed E-state index contributed by atoms with van der Waals surface area (Å²) in [6, 6.07) is 6.84. The van der Waals surface area contributed by atoms with Gasteiger partial charge in [0.25, 0.3) is 5.91 Å². The van der Waals surface area contributed by atoms with Gasteiger partial charge in [-0.1, -0.05) is 12.1 Å². The van der Waals surface area contributed by atoms with Gasteiger partial charge in [0, 0.05) is 31.3 Å². The Morgan fingerprint density at radius 1 is 1.29 bits per heavy atom. The monoisotopic (exact) mass is 424 g/mol. The third-order valence-corrected chi connectivity index (χ3v) is 5.74. The minimum atomic E-state index is -0.970. The molecule has 0 aliphatic carbocycles. The van der Waals surface area contributed by atoms with Crippen LogP contribution in [0.25, 0.3) is 0 Å². The number of carbonyl (C=O) groups excluding carboxylic acids is 2. The molecule has 1 aromatic carbocycles. The second-order valence-electron chi connectivity index (χ2n) is 8.54. The van der Waals surface area contributed by atoms with E-state index in [0.29, 0.717) is 30.3 Å². The first-order chi connectivity index (χ1) is 14.7. The third kappa shape index (κ3) is 4.47. The number of hydrogen-bond donors (Lipinski definition) is 4. The molecule has 1 unspecified atom stereocenters. The first-order valence-electron chi connectivity index (χ1n) is 10.4. The van der Waals surface area contributed by atoms with E-state index in [1.165, 1.54) is 0 Å². The molecule has 0 spiro atoms. The van der Waals surface area contributed by atoms with Gasteiger partial charge in [-0.15, -0.1) is 0 Å². The van der Waals surface area contributed by atoms with Gasteiger partial charge in [-0.05, 0) is 50.5 Å². The lowest BCUT2D eigenvalue weighted by molar-refractivity contribution is -0.123. The molecule has 0 saturated carbocycles. The molecule has 2 amide bonds. The number of hydrazine groups is 1. The van der Waals surface area contributed by atoms with E-state index in [1.807, 2.05) is 17.2 Å². The second kappa shape index (κ2) is 8.16. The van der Waals surface area contributed by atoms with Crippen LogP contribution in [0.15, 0.2) is 53.1 Å². The van der Waals surface area contributed by atoms with Crippen molar-refractivity contribution in [3.63, 3.8) is 0 Å². The fourth-order valence-corrected chi connectivity index (χ4v) is 3.97. The first-order valence-corrected chi connectivity index (χ1v) is 10.4. The van der Waals surface area contributed by atoms with Crippen molar-refractivity contribution in [1.82, 2.24) is 20.7 Å². The Kier molecular flexibility index (Phi) is 5.55. The molecule has 1 aromatic rings. The topological polar surface area (TPSA) is 123 Å². The van der Waals surface area contributed by atoms with E-state index in [2.05, 4.69) is 20.6 Å². The fraction of sp³-hybridized carbons (Fsp3) is 0.409. The molecule has 9 heteroatoms. The Morgan fingerprint density at radius 3 is 2.71 bits per heavy atom. The number of hydrogen-bond acceptors (Lipinski definition) is 7. The molecule has 3 heterocycles. The van der Waals surface area contributed by atoms with Crippen LogP contribution in [0.5, 0.6) is 0 Å². The zero-order valence-electron chi connectivity index (χ0n) is 17.8. The van der Waals surface area contributed by atoms with Gasteiger partial charge in [0.15, 0.2) is 0 Å². The maximum atomic E-state index is 12.8. The van der Waals surface area contributed by atoms with Crippen LogP contribution in [0.1, 0.15) is 42.6 Å². The quantitative estimate of drug-likeness (QED) is 0.566. The SMILES string of the molecule is CC(C)(O)c1ccc(C(=O)NC2=NC3=CCNN3C(N3CCCC(C(N)=O)C3)=C2)cc1. The number of benzene rings is 1. The number of likely N-dealkylation sites (tertiary alicyclic amines) is 1. The Balaban J connectivity index is 1.53. The predicted molar refractivity (Wildman–Crippen MR) is 116 cm³/mol. The second-order valence-corrected chi connectivity index (χ2v) is 8.54. The number of primary amides is 1. The summed E-state index contributed by atoms with van der Waals surface area (Å²) in [6.07, 6.45) is 5.40. The molecule has 164 valence electrons. The lowest BCUT2D eigenvalue weighted by Crippen LogP contribution is -2.48. The summed E-state index contributed by atoms with van der Waals surface area (Å²) in [5, 5.41) is 14.8. The number of nitrogens with zero attached hydrogens (tertiary/aromatic N) is 3. The molecule has 3 aliphatic rings. The number of carbonyl (C=O) groups is 2. The molecular weight excluding hydrogens is 396 g/mol. The van der Waals surface area contributed by atoms with Crippen molar-refractivity contribution >= 4 is 17.6 Å². The van der Waals surface area contributed by atoms with Crippen LogP contribution in [0.3, 0.4) is 0 Å². The summed E-state index contributed by atoms with van der Waals surface area (Å²) in [5.41, 5.74) is 9.02. The van der Waals surface area contributed by atoms with Crippen molar-refractivity contribution in [2.45, 2.75) is 32.3 Å². The van der Waals surface area contributed by atoms with Gasteiger partial charge in [0.05, 0.1) is 11.5 Å². The molecule has 0 radical (unpaired) electrons. The Bertz CT molecular complexity index is 974. The molecule has 4 rings (SSSR count). The van der Waals surface area contributed by atoms with Crippen LogP contribution in [0, 0.1) is 5.92 Å². The smallest absolute Gasteiger partial charge is 0.256 e. The number of fused-ring (bicyclic) bond motifs is 1. The van der Waals surface area contributed by atoms with Crippen molar-refractivity contribution < 1.29 is 14.7 Å². The largest absolute Gasteiger partial charge is 0.386 e. The molecule has 0 bridgehead atoms. The average Bonchev–Trinajstić information content (AvgIpc) is 3.21. The van der Waals surface area contributed by atoms with Gasteiger partial charge in [-0.2, -0.15) is 0 Å². The first kappa shape index (κ1) is 21.1. The van der Waals surface area contributed by atoms with E-state index in [1.54, 1.807) is 38.1 Å². The minimum absolute atomic E-state index is 0.198. The van der Waals surface area contributed by atoms with Gasteiger partial charge in [0.2, 0.25) is 5.91 Å². The van der Waals surface area contributed by atoms with Gasteiger partial charge >= 0.3 is 0 Å². The molecule has 1 atom stereocenters. The highest BCUT2D eigenvalue weighted by atomic mass is 16.3. The lowest BCUT2D eigenvalue weighted by atomic mass is 9.97. The molecule has 1 fully saturated rings. The van der Waals surface area contributed by atoms with Gasteiger partial charge < -0.3 is 21.1 Å². The number of rotatable bonds is 4. The van der Waals surface area contributed by atoms with Crippen molar-refractivity contribution in [2.75, 3.05) is 19.6 Å². The van der Waals surface area contributed by atoms with Crippen molar-refractivity contribution in [3.05, 3.63) is 59.2 Å². The predicted octanol–water partition coefficient (Wildman–Crippen LogP) is 0.756. The lowest BCUT2D eigenvalue weighted by Gasteiger charge is -2.39. The van der Waals surface area contributed by atoms with Gasteiger partial charge in [-0.3, -0.25) is 9.59 Å². The van der Waals surface area contributed by atoms with Crippen LogP contribution >= 0.6 is 0 Å². The molecular formula is C22H28N6O3. The molecule has 1 saturated heterocycles. The number of amides is 2. The standard InChI is InChI=1S/C22H28N6O3/c1-22(2,31)16-7-5-14(6-8-16)21(30)26-17-12-19(28-18(25-17)9-10-24-28)27-11-3-4-15(13-27)20(23)29/h5-9,12,15,24,31H,3-4,10-11,13H2,1-2H3,(H2,23,29)(H,25,26,30). The maximum absolute atomic E-state index is 12.8. The van der Waals surface area contributed by atoms with Crippen molar-refractivity contribution in [1.29, 1.82) is 0 Å². The molecule has 3 aliphatic heterocycles. The summed E-state index contributed by atoms with van der Waals surface area (Å²) < 4.78 is 0. The summed E-state index contributed by atoms with van der Waals surface area (Å²) in [4.78, 5) is 31.1. The van der Waals surface area contributed by atoms with E-state index >= 15 is 0 Å².